The first-order valence-corrected chi connectivity index (χ1v) is 7.43. The fourth-order valence-electron chi connectivity index (χ4n) is 1.11. The number of rotatable bonds is 2. The summed E-state index contributed by atoms with van der Waals surface area (Å²) in [5.41, 5.74) is 0.864. The summed E-state index contributed by atoms with van der Waals surface area (Å²) < 4.78 is 23.1. The van der Waals surface area contributed by atoms with Crippen LogP contribution in [-0.4, -0.2) is 13.4 Å². The highest BCUT2D eigenvalue weighted by atomic mass is 79.9. The van der Waals surface area contributed by atoms with Gasteiger partial charge in [0.05, 0.1) is 0 Å². The number of hydrogen-bond donors (Lipinski definition) is 1. The van der Waals surface area contributed by atoms with Crippen molar-refractivity contribution < 1.29 is 8.42 Å². The predicted molar refractivity (Wildman–Crippen MR) is 66.6 cm³/mol. The van der Waals surface area contributed by atoms with Gasteiger partial charge in [0.25, 0.3) is 10.0 Å². The summed E-state index contributed by atoms with van der Waals surface area (Å²) in [6.45, 7) is 0. The van der Waals surface area contributed by atoms with E-state index >= 15 is 0 Å². The summed E-state index contributed by atoms with van der Waals surface area (Å²) >= 11 is 4.57. The van der Waals surface area contributed by atoms with E-state index < -0.39 is 10.0 Å². The summed E-state index contributed by atoms with van der Waals surface area (Å²) in [4.78, 5) is 3.97. The molecule has 1 aromatic heterocycles. The number of nitrogens with zero attached hydrogens (tertiary/aromatic N) is 1. The summed E-state index contributed by atoms with van der Waals surface area (Å²) in [7, 11) is -3.71. The predicted octanol–water partition coefficient (Wildman–Crippen LogP) is 2.22. The van der Waals surface area contributed by atoms with E-state index in [1.165, 1.54) is 16.7 Å². The Bertz CT molecular complexity index is 605. The van der Waals surface area contributed by atoms with Gasteiger partial charge in [-0.3, -0.25) is 0 Å². The first-order valence-electron chi connectivity index (χ1n) is 4.21. The Labute approximate surface area is 105 Å². The zero-order valence-electron chi connectivity index (χ0n) is 7.92. The monoisotopic (exact) mass is 318 g/mol. The maximum absolute atomic E-state index is 11.0. The highest BCUT2D eigenvalue weighted by molar-refractivity contribution is 9.10. The topological polar surface area (TPSA) is 73.1 Å². The summed E-state index contributed by atoms with van der Waals surface area (Å²) in [6, 6.07) is 7.45. The van der Waals surface area contributed by atoms with E-state index in [1.807, 2.05) is 24.3 Å². The number of halogens is 1. The van der Waals surface area contributed by atoms with Gasteiger partial charge in [-0.25, -0.2) is 18.5 Å². The third kappa shape index (κ3) is 2.49. The van der Waals surface area contributed by atoms with Crippen LogP contribution < -0.4 is 5.14 Å². The van der Waals surface area contributed by atoms with Gasteiger partial charge in [-0.1, -0.05) is 28.1 Å². The lowest BCUT2D eigenvalue weighted by atomic mass is 10.2. The van der Waals surface area contributed by atoms with Crippen molar-refractivity contribution in [3.05, 3.63) is 34.1 Å². The lowest BCUT2D eigenvalue weighted by molar-refractivity contribution is 0.595. The zero-order chi connectivity index (χ0) is 11.8. The minimum Gasteiger partial charge on any atom is -0.223 e. The van der Waals surface area contributed by atoms with Crippen LogP contribution in [-0.2, 0) is 10.0 Å². The Morgan fingerprint density at radius 3 is 2.38 bits per heavy atom. The number of nitrogens with two attached hydrogens (primary N) is 1. The molecular weight excluding hydrogens is 312 g/mol. The average molecular weight is 319 g/mol. The molecule has 0 aliphatic carbocycles. The number of aromatic nitrogens is 1. The van der Waals surface area contributed by atoms with Crippen molar-refractivity contribution in [2.45, 2.75) is 5.03 Å². The van der Waals surface area contributed by atoms with Gasteiger partial charge in [-0.15, -0.1) is 11.3 Å². The number of sulfonamides is 1. The van der Waals surface area contributed by atoms with E-state index in [1.54, 1.807) is 0 Å². The second-order valence-electron chi connectivity index (χ2n) is 3.04. The van der Waals surface area contributed by atoms with E-state index in [2.05, 4.69) is 20.9 Å². The minimum atomic E-state index is -3.71. The maximum Gasteiger partial charge on any atom is 0.256 e. The second-order valence-corrected chi connectivity index (χ2v) is 6.32. The average Bonchev–Trinajstić information content (AvgIpc) is 2.67. The molecule has 0 unspecified atom stereocenters. The van der Waals surface area contributed by atoms with Gasteiger partial charge in [0.1, 0.15) is 5.01 Å². The Balaban J connectivity index is 2.43. The standard InChI is InChI=1S/C9H7BrN2O2S2/c10-7-3-1-6(2-4-7)9-12-8(5-15-9)16(11,13)14/h1-5H,(H2,11,13,14). The lowest BCUT2D eigenvalue weighted by Crippen LogP contribution is -2.12. The minimum absolute atomic E-state index is 0.0876. The largest absolute Gasteiger partial charge is 0.256 e. The maximum atomic E-state index is 11.0. The van der Waals surface area contributed by atoms with Gasteiger partial charge in [0.2, 0.25) is 0 Å². The Morgan fingerprint density at radius 1 is 1.25 bits per heavy atom. The van der Waals surface area contributed by atoms with E-state index in [0.717, 1.165) is 10.0 Å². The SMILES string of the molecule is NS(=O)(=O)c1csc(-c2ccc(Br)cc2)n1. The fourth-order valence-corrected chi connectivity index (χ4v) is 3.02. The first kappa shape index (κ1) is 11.7. The third-order valence-corrected chi connectivity index (χ3v) is 4.23. The fraction of sp³-hybridized carbons (Fsp3) is 0. The van der Waals surface area contributed by atoms with Crippen molar-refractivity contribution in [3.8, 4) is 10.6 Å². The van der Waals surface area contributed by atoms with Crippen molar-refractivity contribution in [2.75, 3.05) is 0 Å². The van der Waals surface area contributed by atoms with Crippen LogP contribution in [0.5, 0.6) is 0 Å². The quantitative estimate of drug-likeness (QED) is 0.922. The van der Waals surface area contributed by atoms with E-state index in [9.17, 15) is 8.42 Å². The molecule has 0 fully saturated rings. The van der Waals surface area contributed by atoms with Crippen LogP contribution in [0.15, 0.2) is 39.1 Å². The van der Waals surface area contributed by atoms with E-state index in [0.29, 0.717) is 5.01 Å². The van der Waals surface area contributed by atoms with Gasteiger partial charge in [-0.2, -0.15) is 0 Å². The van der Waals surface area contributed by atoms with Gasteiger partial charge in [-0.05, 0) is 12.1 Å². The van der Waals surface area contributed by atoms with Crippen molar-refractivity contribution in [1.29, 1.82) is 0 Å². The molecule has 0 amide bonds. The van der Waals surface area contributed by atoms with Crippen LogP contribution in [0.25, 0.3) is 10.6 Å². The molecule has 2 N–H and O–H groups in total. The molecule has 0 saturated carbocycles. The van der Waals surface area contributed by atoms with Crippen molar-refractivity contribution in [1.82, 2.24) is 4.98 Å². The van der Waals surface area contributed by atoms with E-state index in [4.69, 9.17) is 5.14 Å². The normalized spacial score (nSPS) is 11.6. The molecule has 0 aliphatic heterocycles. The number of benzene rings is 1. The smallest absolute Gasteiger partial charge is 0.223 e. The van der Waals surface area contributed by atoms with Crippen LogP contribution in [0.2, 0.25) is 0 Å². The number of hydrogen-bond acceptors (Lipinski definition) is 4. The Kier molecular flexibility index (Phi) is 3.11. The van der Waals surface area contributed by atoms with Crippen LogP contribution in [0.3, 0.4) is 0 Å². The highest BCUT2D eigenvalue weighted by Gasteiger charge is 2.13. The molecule has 1 heterocycles. The Morgan fingerprint density at radius 2 is 1.88 bits per heavy atom. The van der Waals surface area contributed by atoms with Crippen molar-refractivity contribution in [3.63, 3.8) is 0 Å². The Hall–Kier alpha value is -0.760. The number of primary sulfonamides is 1. The molecule has 2 aromatic rings. The molecule has 16 heavy (non-hydrogen) atoms. The van der Waals surface area contributed by atoms with Crippen LogP contribution in [0.1, 0.15) is 0 Å². The molecule has 0 saturated heterocycles. The molecular formula is C9H7BrN2O2S2. The van der Waals surface area contributed by atoms with Crippen LogP contribution >= 0.6 is 27.3 Å². The van der Waals surface area contributed by atoms with Gasteiger partial charge >= 0.3 is 0 Å². The first-order chi connectivity index (χ1) is 7.47. The molecule has 0 radical (unpaired) electrons. The van der Waals surface area contributed by atoms with Gasteiger partial charge < -0.3 is 0 Å². The van der Waals surface area contributed by atoms with Crippen LogP contribution in [0.4, 0.5) is 0 Å². The molecule has 2 rings (SSSR count). The molecule has 0 spiro atoms. The van der Waals surface area contributed by atoms with Crippen LogP contribution in [0, 0.1) is 0 Å². The summed E-state index contributed by atoms with van der Waals surface area (Å²) in [5, 5.41) is 6.97. The van der Waals surface area contributed by atoms with Crippen molar-refractivity contribution in [2.24, 2.45) is 5.14 Å². The highest BCUT2D eigenvalue weighted by Crippen LogP contribution is 2.26. The molecule has 84 valence electrons. The summed E-state index contributed by atoms with van der Waals surface area (Å²) in [6.07, 6.45) is 0. The molecule has 4 nitrogen and oxygen atoms in total. The van der Waals surface area contributed by atoms with Gasteiger partial charge in [0.15, 0.2) is 5.03 Å². The van der Waals surface area contributed by atoms with Crippen molar-refractivity contribution >= 4 is 37.3 Å². The number of thiazole rings is 1. The third-order valence-electron chi connectivity index (χ3n) is 1.87. The molecule has 0 aliphatic rings. The zero-order valence-corrected chi connectivity index (χ0v) is 11.1. The molecule has 0 atom stereocenters. The van der Waals surface area contributed by atoms with Gasteiger partial charge in [0, 0.05) is 15.4 Å². The lowest BCUT2D eigenvalue weighted by Gasteiger charge is -1.95. The summed E-state index contributed by atoms with van der Waals surface area (Å²) in [5.74, 6) is 0. The van der Waals surface area contributed by atoms with E-state index in [-0.39, 0.29) is 5.03 Å². The molecule has 7 heteroatoms. The molecule has 0 bridgehead atoms. The second kappa shape index (κ2) is 4.25. The molecule has 1 aromatic carbocycles.